The summed E-state index contributed by atoms with van der Waals surface area (Å²) in [4.78, 5) is 21.6. The van der Waals surface area contributed by atoms with Gasteiger partial charge in [-0.25, -0.2) is 0 Å². The molecule has 0 rings (SSSR count). The summed E-state index contributed by atoms with van der Waals surface area (Å²) in [5, 5.41) is 0. The zero-order valence-corrected chi connectivity index (χ0v) is 9.04. The fourth-order valence-electron chi connectivity index (χ4n) is 1.79. The molecule has 2 nitrogen and oxygen atoms in total. The topological polar surface area (TPSA) is 34.1 Å². The van der Waals surface area contributed by atoms with Crippen LogP contribution in [0.15, 0.2) is 0 Å². The van der Waals surface area contributed by atoms with E-state index in [0.717, 1.165) is 12.7 Å². The van der Waals surface area contributed by atoms with Gasteiger partial charge in [-0.2, -0.15) is 0 Å². The smallest absolute Gasteiger partial charge is 0.133 e. The van der Waals surface area contributed by atoms with Crippen molar-refractivity contribution in [2.45, 2.75) is 40.5 Å². The second kappa shape index (κ2) is 5.90. The van der Waals surface area contributed by atoms with Crippen LogP contribution in [0.25, 0.3) is 0 Å². The zero-order chi connectivity index (χ0) is 10.4. The molecule has 2 heteroatoms. The summed E-state index contributed by atoms with van der Waals surface area (Å²) in [5.74, 6) is 0.988. The summed E-state index contributed by atoms with van der Waals surface area (Å²) in [6, 6.07) is 0. The Labute approximate surface area is 80.7 Å². The van der Waals surface area contributed by atoms with Gasteiger partial charge < -0.3 is 4.79 Å². The van der Waals surface area contributed by atoms with Gasteiger partial charge in [0, 0.05) is 12.3 Å². The summed E-state index contributed by atoms with van der Waals surface area (Å²) < 4.78 is 0. The van der Waals surface area contributed by atoms with Gasteiger partial charge in [-0.1, -0.05) is 20.8 Å². The SMILES string of the molecule is CC[C@H](C(C)=O)C(C)[C@H](C)CC=O. The monoisotopic (exact) mass is 184 g/mol. The van der Waals surface area contributed by atoms with Crippen LogP contribution in [0.1, 0.15) is 40.5 Å². The molecule has 0 saturated heterocycles. The van der Waals surface area contributed by atoms with E-state index in [9.17, 15) is 9.59 Å². The third-order valence-corrected chi connectivity index (χ3v) is 2.96. The predicted octanol–water partition coefficient (Wildman–Crippen LogP) is 2.46. The summed E-state index contributed by atoms with van der Waals surface area (Å²) in [6.07, 6.45) is 2.37. The maximum absolute atomic E-state index is 11.2. The molecule has 0 amide bonds. The normalized spacial score (nSPS) is 17.5. The van der Waals surface area contributed by atoms with E-state index in [1.54, 1.807) is 6.92 Å². The first-order valence-electron chi connectivity index (χ1n) is 4.98. The van der Waals surface area contributed by atoms with Crippen molar-refractivity contribution in [2.24, 2.45) is 17.8 Å². The van der Waals surface area contributed by atoms with Gasteiger partial charge >= 0.3 is 0 Å². The van der Waals surface area contributed by atoms with Gasteiger partial charge in [-0.15, -0.1) is 0 Å². The third-order valence-electron chi connectivity index (χ3n) is 2.96. The molecule has 0 aromatic rings. The number of aldehydes is 1. The maximum Gasteiger partial charge on any atom is 0.133 e. The number of carbonyl (C=O) groups excluding carboxylic acids is 2. The van der Waals surface area contributed by atoms with E-state index in [4.69, 9.17) is 0 Å². The highest BCUT2D eigenvalue weighted by atomic mass is 16.1. The number of Topliss-reactive ketones (excluding diaryl/α,β-unsaturated/α-hetero) is 1. The van der Waals surface area contributed by atoms with Crippen LogP contribution in [0.4, 0.5) is 0 Å². The largest absolute Gasteiger partial charge is 0.303 e. The van der Waals surface area contributed by atoms with Crippen molar-refractivity contribution in [1.82, 2.24) is 0 Å². The van der Waals surface area contributed by atoms with Gasteiger partial charge in [-0.05, 0) is 25.2 Å². The number of ketones is 1. The number of hydrogen-bond acceptors (Lipinski definition) is 2. The van der Waals surface area contributed by atoms with Crippen molar-refractivity contribution in [3.8, 4) is 0 Å². The molecule has 3 atom stereocenters. The highest BCUT2D eigenvalue weighted by Gasteiger charge is 2.24. The summed E-state index contributed by atoms with van der Waals surface area (Å²) in [7, 11) is 0. The van der Waals surface area contributed by atoms with E-state index in [-0.39, 0.29) is 11.7 Å². The second-order valence-electron chi connectivity index (χ2n) is 3.86. The minimum Gasteiger partial charge on any atom is -0.303 e. The molecule has 1 unspecified atom stereocenters. The van der Waals surface area contributed by atoms with Crippen LogP contribution in [-0.2, 0) is 9.59 Å². The first-order chi connectivity index (χ1) is 6.04. The fourth-order valence-corrected chi connectivity index (χ4v) is 1.79. The molecule has 0 N–H and O–H groups in total. The minimum absolute atomic E-state index is 0.120. The number of rotatable bonds is 6. The Hall–Kier alpha value is -0.660. The van der Waals surface area contributed by atoms with E-state index >= 15 is 0 Å². The van der Waals surface area contributed by atoms with E-state index in [0.29, 0.717) is 18.3 Å². The molecule has 76 valence electrons. The summed E-state index contributed by atoms with van der Waals surface area (Å²) in [5.41, 5.74) is 0. The van der Waals surface area contributed by atoms with Gasteiger partial charge in [0.1, 0.15) is 12.1 Å². The zero-order valence-electron chi connectivity index (χ0n) is 9.04. The molecule has 0 radical (unpaired) electrons. The second-order valence-corrected chi connectivity index (χ2v) is 3.86. The molecule has 0 aliphatic rings. The van der Waals surface area contributed by atoms with Crippen LogP contribution < -0.4 is 0 Å². The van der Waals surface area contributed by atoms with Crippen LogP contribution in [0.2, 0.25) is 0 Å². The Morgan fingerprint density at radius 3 is 2.23 bits per heavy atom. The molecule has 0 aromatic carbocycles. The lowest BCUT2D eigenvalue weighted by atomic mass is 9.79. The molecule has 0 heterocycles. The predicted molar refractivity (Wildman–Crippen MR) is 53.5 cm³/mol. The quantitative estimate of drug-likeness (QED) is 0.594. The Kier molecular flexibility index (Phi) is 5.60. The molecule has 0 fully saturated rings. The van der Waals surface area contributed by atoms with Crippen molar-refractivity contribution >= 4 is 12.1 Å². The molecule has 0 aliphatic heterocycles. The lowest BCUT2D eigenvalue weighted by molar-refractivity contribution is -0.123. The van der Waals surface area contributed by atoms with Gasteiger partial charge in [0.15, 0.2) is 0 Å². The van der Waals surface area contributed by atoms with Crippen molar-refractivity contribution in [1.29, 1.82) is 0 Å². The van der Waals surface area contributed by atoms with Gasteiger partial charge in [0.2, 0.25) is 0 Å². The van der Waals surface area contributed by atoms with Crippen LogP contribution in [0.3, 0.4) is 0 Å². The van der Waals surface area contributed by atoms with E-state index in [1.807, 2.05) is 13.8 Å². The molecule has 0 spiro atoms. The fraction of sp³-hybridized carbons (Fsp3) is 0.818. The van der Waals surface area contributed by atoms with Crippen LogP contribution >= 0.6 is 0 Å². The molecular formula is C11H20O2. The van der Waals surface area contributed by atoms with Gasteiger partial charge in [-0.3, -0.25) is 4.79 Å². The Balaban J connectivity index is 4.26. The summed E-state index contributed by atoms with van der Waals surface area (Å²) >= 11 is 0. The average Bonchev–Trinajstić information content (AvgIpc) is 2.05. The van der Waals surface area contributed by atoms with Crippen molar-refractivity contribution in [3.63, 3.8) is 0 Å². The Morgan fingerprint density at radius 2 is 1.92 bits per heavy atom. The number of carbonyl (C=O) groups is 2. The minimum atomic E-state index is 0.120. The highest BCUT2D eigenvalue weighted by molar-refractivity contribution is 5.78. The highest BCUT2D eigenvalue weighted by Crippen LogP contribution is 2.25. The van der Waals surface area contributed by atoms with E-state index in [2.05, 4.69) is 6.92 Å². The van der Waals surface area contributed by atoms with Crippen molar-refractivity contribution in [2.75, 3.05) is 0 Å². The van der Waals surface area contributed by atoms with Crippen molar-refractivity contribution < 1.29 is 9.59 Å². The first-order valence-corrected chi connectivity index (χ1v) is 4.98. The van der Waals surface area contributed by atoms with E-state index < -0.39 is 0 Å². The lowest BCUT2D eigenvalue weighted by Crippen LogP contribution is -2.24. The Morgan fingerprint density at radius 1 is 1.38 bits per heavy atom. The van der Waals surface area contributed by atoms with Gasteiger partial charge in [0.25, 0.3) is 0 Å². The summed E-state index contributed by atoms with van der Waals surface area (Å²) in [6.45, 7) is 7.75. The van der Waals surface area contributed by atoms with E-state index in [1.165, 1.54) is 0 Å². The number of hydrogen-bond donors (Lipinski definition) is 0. The standard InChI is InChI=1S/C11H20O2/c1-5-11(10(4)13)9(3)8(2)6-7-12/h7-9,11H,5-6H2,1-4H3/t8-,9?,11+/m1/s1. The first kappa shape index (κ1) is 12.3. The maximum atomic E-state index is 11.2. The molecule has 13 heavy (non-hydrogen) atoms. The Bertz CT molecular complexity index is 175. The lowest BCUT2D eigenvalue weighted by Gasteiger charge is -2.24. The molecule has 0 bridgehead atoms. The van der Waals surface area contributed by atoms with Gasteiger partial charge in [0.05, 0.1) is 0 Å². The molecular weight excluding hydrogens is 164 g/mol. The molecule has 0 aliphatic carbocycles. The third kappa shape index (κ3) is 3.71. The molecule has 0 aromatic heterocycles. The van der Waals surface area contributed by atoms with Crippen LogP contribution in [-0.4, -0.2) is 12.1 Å². The van der Waals surface area contributed by atoms with Crippen molar-refractivity contribution in [3.05, 3.63) is 0 Å². The average molecular weight is 184 g/mol. The molecule has 0 saturated carbocycles. The van der Waals surface area contributed by atoms with Crippen LogP contribution in [0.5, 0.6) is 0 Å². The van der Waals surface area contributed by atoms with Crippen LogP contribution in [0, 0.1) is 17.8 Å².